The Hall–Kier alpha value is -0.580. The van der Waals surface area contributed by atoms with Crippen LogP contribution in [0.25, 0.3) is 0 Å². The molecule has 1 unspecified atom stereocenters. The summed E-state index contributed by atoms with van der Waals surface area (Å²) < 4.78 is 0.738. The first-order chi connectivity index (χ1) is 6.50. The van der Waals surface area contributed by atoms with Crippen LogP contribution in [0.3, 0.4) is 0 Å². The van der Waals surface area contributed by atoms with Crippen molar-refractivity contribution in [3.8, 4) is 0 Å². The monoisotopic (exact) mass is 278 g/mol. The molecule has 0 bridgehead atoms. The maximum absolute atomic E-state index is 10.4. The van der Waals surface area contributed by atoms with Crippen LogP contribution in [-0.4, -0.2) is 22.3 Å². The number of halogens is 2. The van der Waals surface area contributed by atoms with Crippen LogP contribution in [0.1, 0.15) is 5.56 Å². The van der Waals surface area contributed by atoms with Gasteiger partial charge in [0, 0.05) is 15.9 Å². The molecule has 0 aliphatic carbocycles. The van der Waals surface area contributed by atoms with Gasteiger partial charge in [-0.05, 0) is 23.8 Å². The van der Waals surface area contributed by atoms with Gasteiger partial charge in [-0.15, -0.1) is 0 Å². The Kier molecular flexibility index (Phi) is 3.92. The molecule has 1 aromatic rings. The first-order valence-corrected chi connectivity index (χ1v) is 5.02. The first kappa shape index (κ1) is 11.5. The Labute approximate surface area is 94.4 Å². The van der Waals surface area contributed by atoms with E-state index in [0.717, 1.165) is 4.47 Å². The van der Waals surface area contributed by atoms with E-state index in [-0.39, 0.29) is 6.42 Å². The number of aliphatic carboxylic acids is 1. The van der Waals surface area contributed by atoms with E-state index in [2.05, 4.69) is 15.9 Å². The summed E-state index contributed by atoms with van der Waals surface area (Å²) in [6.45, 7) is 0. The normalized spacial score (nSPS) is 12.5. The highest BCUT2D eigenvalue weighted by Gasteiger charge is 2.15. The van der Waals surface area contributed by atoms with E-state index in [1.807, 2.05) is 0 Å². The van der Waals surface area contributed by atoms with Gasteiger partial charge in [-0.1, -0.05) is 27.5 Å². The highest BCUT2D eigenvalue weighted by Crippen LogP contribution is 2.22. The third-order valence-electron chi connectivity index (χ3n) is 1.71. The van der Waals surface area contributed by atoms with Crippen LogP contribution in [0, 0.1) is 0 Å². The average Bonchev–Trinajstić information content (AvgIpc) is 2.11. The molecule has 0 aromatic heterocycles. The summed E-state index contributed by atoms with van der Waals surface area (Å²) >= 11 is 8.98. The molecule has 5 heteroatoms. The predicted octanol–water partition coefficient (Wildman–Crippen LogP) is 2.09. The number of carboxylic acid groups (broad SMARTS) is 1. The van der Waals surface area contributed by atoms with E-state index in [1.54, 1.807) is 18.2 Å². The highest BCUT2D eigenvalue weighted by molar-refractivity contribution is 9.10. The summed E-state index contributed by atoms with van der Waals surface area (Å²) in [4.78, 5) is 10.4. The van der Waals surface area contributed by atoms with Gasteiger partial charge in [0.15, 0.2) is 6.10 Å². The molecule has 0 saturated carbocycles. The molecular formula is C9H8BrClO3. The van der Waals surface area contributed by atoms with Gasteiger partial charge in [0.2, 0.25) is 0 Å². The molecule has 76 valence electrons. The van der Waals surface area contributed by atoms with E-state index >= 15 is 0 Å². The van der Waals surface area contributed by atoms with Gasteiger partial charge >= 0.3 is 5.97 Å². The van der Waals surface area contributed by atoms with Crippen LogP contribution in [-0.2, 0) is 11.2 Å². The first-order valence-electron chi connectivity index (χ1n) is 3.85. The molecule has 14 heavy (non-hydrogen) atoms. The standard InChI is InChI=1S/C9H8BrClO3/c10-7-2-1-6(11)3-5(7)4-8(12)9(13)14/h1-3,8,12H,4H2,(H,13,14). The molecule has 0 aliphatic rings. The summed E-state index contributed by atoms with van der Waals surface area (Å²) in [6.07, 6.45) is -1.36. The number of hydrogen-bond acceptors (Lipinski definition) is 2. The van der Waals surface area contributed by atoms with Crippen molar-refractivity contribution in [2.45, 2.75) is 12.5 Å². The topological polar surface area (TPSA) is 57.5 Å². The van der Waals surface area contributed by atoms with E-state index in [0.29, 0.717) is 10.6 Å². The zero-order chi connectivity index (χ0) is 10.7. The molecular weight excluding hydrogens is 271 g/mol. The second-order valence-electron chi connectivity index (χ2n) is 2.79. The second kappa shape index (κ2) is 4.77. The number of benzene rings is 1. The van der Waals surface area contributed by atoms with Crippen molar-refractivity contribution in [3.63, 3.8) is 0 Å². The van der Waals surface area contributed by atoms with Crippen LogP contribution in [0.2, 0.25) is 5.02 Å². The molecule has 0 aliphatic heterocycles. The fourth-order valence-corrected chi connectivity index (χ4v) is 1.60. The minimum atomic E-state index is -1.40. The van der Waals surface area contributed by atoms with Gasteiger partial charge in [-0.3, -0.25) is 0 Å². The minimum Gasteiger partial charge on any atom is -0.479 e. The molecule has 2 N–H and O–H groups in total. The molecule has 0 heterocycles. The molecule has 1 aromatic carbocycles. The lowest BCUT2D eigenvalue weighted by Crippen LogP contribution is -2.22. The maximum Gasteiger partial charge on any atom is 0.332 e. The third kappa shape index (κ3) is 2.97. The number of rotatable bonds is 3. The van der Waals surface area contributed by atoms with E-state index in [4.69, 9.17) is 21.8 Å². The SMILES string of the molecule is O=C(O)C(O)Cc1cc(Cl)ccc1Br. The zero-order valence-electron chi connectivity index (χ0n) is 7.08. The smallest absolute Gasteiger partial charge is 0.332 e. The predicted molar refractivity (Wildman–Crippen MR) is 56.5 cm³/mol. The summed E-state index contributed by atoms with van der Waals surface area (Å²) in [6, 6.07) is 5.02. The maximum atomic E-state index is 10.4. The van der Waals surface area contributed by atoms with Crippen molar-refractivity contribution in [3.05, 3.63) is 33.3 Å². The summed E-state index contributed by atoms with van der Waals surface area (Å²) in [5, 5.41) is 18.2. The fraction of sp³-hybridized carbons (Fsp3) is 0.222. The summed E-state index contributed by atoms with van der Waals surface area (Å²) in [7, 11) is 0. The van der Waals surface area contributed by atoms with Crippen LogP contribution in [0.5, 0.6) is 0 Å². The Morgan fingerprint density at radius 1 is 1.57 bits per heavy atom. The van der Waals surface area contributed by atoms with Gasteiger partial charge in [0.05, 0.1) is 0 Å². The molecule has 3 nitrogen and oxygen atoms in total. The number of carbonyl (C=O) groups is 1. The van der Waals surface area contributed by atoms with Crippen molar-refractivity contribution < 1.29 is 15.0 Å². The van der Waals surface area contributed by atoms with Crippen molar-refractivity contribution in [2.24, 2.45) is 0 Å². The molecule has 1 atom stereocenters. The van der Waals surface area contributed by atoms with Gasteiger partial charge in [0.1, 0.15) is 0 Å². The Morgan fingerprint density at radius 2 is 2.21 bits per heavy atom. The zero-order valence-corrected chi connectivity index (χ0v) is 9.42. The average molecular weight is 280 g/mol. The van der Waals surface area contributed by atoms with E-state index < -0.39 is 12.1 Å². The van der Waals surface area contributed by atoms with Crippen molar-refractivity contribution in [1.82, 2.24) is 0 Å². The quantitative estimate of drug-likeness (QED) is 0.891. The number of aliphatic hydroxyl groups is 1. The van der Waals surface area contributed by atoms with Crippen LogP contribution in [0.15, 0.2) is 22.7 Å². The highest BCUT2D eigenvalue weighted by atomic mass is 79.9. The van der Waals surface area contributed by atoms with E-state index in [9.17, 15) is 4.79 Å². The summed E-state index contributed by atoms with van der Waals surface area (Å²) in [5.41, 5.74) is 0.674. The molecule has 0 fully saturated rings. The Bertz CT molecular complexity index is 354. The summed E-state index contributed by atoms with van der Waals surface area (Å²) in [5.74, 6) is -1.24. The van der Waals surface area contributed by atoms with Crippen molar-refractivity contribution in [2.75, 3.05) is 0 Å². The minimum absolute atomic E-state index is 0.0382. The molecule has 0 saturated heterocycles. The van der Waals surface area contributed by atoms with E-state index in [1.165, 1.54) is 0 Å². The van der Waals surface area contributed by atoms with Gasteiger partial charge < -0.3 is 10.2 Å². The van der Waals surface area contributed by atoms with Crippen LogP contribution in [0.4, 0.5) is 0 Å². The number of carboxylic acids is 1. The van der Waals surface area contributed by atoms with Gasteiger partial charge in [0.25, 0.3) is 0 Å². The number of aliphatic hydroxyl groups excluding tert-OH is 1. The Morgan fingerprint density at radius 3 is 2.79 bits per heavy atom. The van der Waals surface area contributed by atoms with Crippen molar-refractivity contribution >= 4 is 33.5 Å². The number of hydrogen-bond donors (Lipinski definition) is 2. The molecule has 0 radical (unpaired) electrons. The largest absolute Gasteiger partial charge is 0.479 e. The van der Waals surface area contributed by atoms with Crippen LogP contribution < -0.4 is 0 Å². The Balaban J connectivity index is 2.85. The lowest BCUT2D eigenvalue weighted by atomic mass is 10.1. The second-order valence-corrected chi connectivity index (χ2v) is 4.08. The van der Waals surface area contributed by atoms with Gasteiger partial charge in [-0.2, -0.15) is 0 Å². The molecule has 1 rings (SSSR count). The van der Waals surface area contributed by atoms with Crippen LogP contribution >= 0.6 is 27.5 Å². The fourth-order valence-electron chi connectivity index (χ4n) is 0.995. The van der Waals surface area contributed by atoms with Crippen molar-refractivity contribution in [1.29, 1.82) is 0 Å². The lowest BCUT2D eigenvalue weighted by Gasteiger charge is -2.07. The third-order valence-corrected chi connectivity index (χ3v) is 2.71. The lowest BCUT2D eigenvalue weighted by molar-refractivity contribution is -0.146. The van der Waals surface area contributed by atoms with Gasteiger partial charge in [-0.25, -0.2) is 4.79 Å². The molecule has 0 amide bonds. The molecule has 0 spiro atoms.